The third-order valence-electron chi connectivity index (χ3n) is 6.62. The fourth-order valence-corrected chi connectivity index (χ4v) is 4.72. The van der Waals surface area contributed by atoms with E-state index in [4.69, 9.17) is 4.98 Å². The maximum absolute atomic E-state index is 13.1. The first-order valence-corrected chi connectivity index (χ1v) is 11.7. The highest BCUT2D eigenvalue weighted by Crippen LogP contribution is 2.31. The zero-order valence-corrected chi connectivity index (χ0v) is 19.0. The maximum Gasteiger partial charge on any atom is 0.255 e. The number of rotatable bonds is 5. The normalized spacial score (nSPS) is 20.4. The average molecular weight is 459 g/mol. The first kappa shape index (κ1) is 22.1. The van der Waals surface area contributed by atoms with E-state index in [1.54, 1.807) is 0 Å². The molecule has 0 bridgehead atoms. The molecule has 1 fully saturated rings. The molecule has 3 aromatic rings. The number of imidazole rings is 1. The molecular weight excluding hydrogens is 431 g/mol. The minimum atomic E-state index is -0.378. The number of nitrogens with one attached hydrogen (secondary N) is 3. The van der Waals surface area contributed by atoms with Crippen LogP contribution >= 0.6 is 0 Å². The number of hydrogen-bond acceptors (Lipinski definition) is 3. The van der Waals surface area contributed by atoms with Crippen LogP contribution in [0.1, 0.15) is 65.1 Å². The quantitative estimate of drug-likeness (QED) is 0.504. The van der Waals surface area contributed by atoms with Crippen molar-refractivity contribution >= 4 is 22.8 Å². The van der Waals surface area contributed by atoms with Crippen molar-refractivity contribution in [2.24, 2.45) is 5.92 Å². The number of hydrogen-bond donors (Lipinski definition) is 3. The lowest BCUT2D eigenvalue weighted by atomic mass is 9.88. The number of H-pyrrole nitrogens is 1. The minimum Gasteiger partial charge on any atom is -0.349 e. The molecule has 0 aliphatic heterocycles. The maximum atomic E-state index is 13.1. The highest BCUT2D eigenvalue weighted by atomic mass is 19.1. The predicted molar refractivity (Wildman–Crippen MR) is 129 cm³/mol. The Labute approximate surface area is 197 Å². The second-order valence-electron chi connectivity index (χ2n) is 9.14. The second-order valence-corrected chi connectivity index (χ2v) is 9.14. The van der Waals surface area contributed by atoms with Gasteiger partial charge in [0.15, 0.2) is 0 Å². The Morgan fingerprint density at radius 1 is 1.03 bits per heavy atom. The fourth-order valence-electron chi connectivity index (χ4n) is 4.72. The average Bonchev–Trinajstić information content (AvgIpc) is 3.48. The number of aromatic nitrogens is 2. The molecule has 1 aromatic heterocycles. The Bertz CT molecular complexity index is 1290. The monoisotopic (exact) mass is 458 g/mol. The molecule has 2 aromatic carbocycles. The number of carbonyl (C=O) groups excluding carboxylic acids is 2. The van der Waals surface area contributed by atoms with Gasteiger partial charge in [0.2, 0.25) is 0 Å². The van der Waals surface area contributed by atoms with Gasteiger partial charge in [-0.2, -0.15) is 0 Å². The third-order valence-corrected chi connectivity index (χ3v) is 6.62. The lowest BCUT2D eigenvalue weighted by Gasteiger charge is -2.21. The summed E-state index contributed by atoms with van der Waals surface area (Å²) in [5.41, 5.74) is 3.37. The van der Waals surface area contributed by atoms with Crippen molar-refractivity contribution in [3.8, 4) is 0 Å². The lowest BCUT2D eigenvalue weighted by molar-refractivity contribution is 0.0935. The number of amides is 2. The molecule has 6 nitrogen and oxygen atoms in total. The Balaban J connectivity index is 1.28. The van der Waals surface area contributed by atoms with Gasteiger partial charge in [-0.05, 0) is 67.3 Å². The van der Waals surface area contributed by atoms with Gasteiger partial charge in [-0.3, -0.25) is 9.59 Å². The molecule has 1 heterocycles. The van der Waals surface area contributed by atoms with E-state index in [-0.39, 0.29) is 35.5 Å². The molecule has 0 radical (unpaired) electrons. The summed E-state index contributed by atoms with van der Waals surface area (Å²) in [6.45, 7) is 2.06. The van der Waals surface area contributed by atoms with Crippen LogP contribution in [-0.4, -0.2) is 27.8 Å². The number of fused-ring (bicyclic) bond motifs is 1. The molecular formula is C27H27FN4O2. The summed E-state index contributed by atoms with van der Waals surface area (Å²) >= 11 is 0. The van der Waals surface area contributed by atoms with Crippen LogP contribution < -0.4 is 10.6 Å². The molecule has 3 N–H and O–H groups in total. The Morgan fingerprint density at radius 2 is 1.76 bits per heavy atom. The van der Waals surface area contributed by atoms with Crippen LogP contribution in [0.2, 0.25) is 0 Å². The largest absolute Gasteiger partial charge is 0.349 e. The van der Waals surface area contributed by atoms with Crippen LogP contribution in [-0.2, 0) is 0 Å². The van der Waals surface area contributed by atoms with Crippen molar-refractivity contribution in [2.75, 3.05) is 0 Å². The van der Waals surface area contributed by atoms with E-state index in [2.05, 4.69) is 22.5 Å². The Hall–Kier alpha value is -3.74. The first-order valence-electron chi connectivity index (χ1n) is 11.7. The lowest BCUT2D eigenvalue weighted by Crippen LogP contribution is -2.32. The van der Waals surface area contributed by atoms with Gasteiger partial charge in [-0.1, -0.05) is 31.9 Å². The molecule has 0 spiro atoms. The molecule has 0 saturated heterocycles. The topological polar surface area (TPSA) is 86.9 Å². The van der Waals surface area contributed by atoms with Gasteiger partial charge < -0.3 is 15.6 Å². The molecule has 2 aliphatic carbocycles. The molecule has 2 aliphatic rings. The highest BCUT2D eigenvalue weighted by Gasteiger charge is 2.23. The fraction of sp³-hybridized carbons (Fsp3) is 0.296. The first-order chi connectivity index (χ1) is 16.5. The van der Waals surface area contributed by atoms with E-state index >= 15 is 0 Å². The van der Waals surface area contributed by atoms with Gasteiger partial charge in [0.25, 0.3) is 11.8 Å². The van der Waals surface area contributed by atoms with E-state index < -0.39 is 0 Å². The van der Waals surface area contributed by atoms with E-state index in [0.29, 0.717) is 16.8 Å². The highest BCUT2D eigenvalue weighted by molar-refractivity contribution is 5.97. The SMILES string of the molecule is CC1C=C(NC(=O)c2ccc(F)cc2)C=CC1c1nc2ccc(C(=O)NC3CCCC3)cc2[nH]1. The number of allylic oxidation sites excluding steroid dienone is 3. The molecule has 7 heteroatoms. The third kappa shape index (κ3) is 4.64. The van der Waals surface area contributed by atoms with Gasteiger partial charge in [0, 0.05) is 28.8 Å². The zero-order chi connectivity index (χ0) is 23.7. The van der Waals surface area contributed by atoms with Crippen molar-refractivity contribution < 1.29 is 14.0 Å². The van der Waals surface area contributed by atoms with E-state index in [1.807, 2.05) is 36.4 Å². The molecule has 174 valence electrons. The van der Waals surface area contributed by atoms with Crippen LogP contribution in [0.5, 0.6) is 0 Å². The van der Waals surface area contributed by atoms with Crippen LogP contribution in [0.4, 0.5) is 4.39 Å². The van der Waals surface area contributed by atoms with E-state index in [9.17, 15) is 14.0 Å². The number of aromatic amines is 1. The van der Waals surface area contributed by atoms with Gasteiger partial charge in [-0.25, -0.2) is 9.37 Å². The number of halogens is 1. The molecule has 2 amide bonds. The number of carbonyl (C=O) groups is 2. The van der Waals surface area contributed by atoms with Crippen LogP contribution in [0.25, 0.3) is 11.0 Å². The van der Waals surface area contributed by atoms with Crippen molar-refractivity contribution in [2.45, 2.75) is 44.6 Å². The summed E-state index contributed by atoms with van der Waals surface area (Å²) in [5, 5.41) is 6.00. The Kier molecular flexibility index (Phi) is 6.01. The van der Waals surface area contributed by atoms with Crippen molar-refractivity contribution in [3.05, 3.63) is 89.2 Å². The summed E-state index contributed by atoms with van der Waals surface area (Å²) < 4.78 is 13.1. The van der Waals surface area contributed by atoms with Gasteiger partial charge in [-0.15, -0.1) is 0 Å². The van der Waals surface area contributed by atoms with E-state index in [0.717, 1.165) is 29.7 Å². The standard InChI is InChI=1S/C27H27FN4O2/c1-16-14-21(30-26(33)17-6-9-19(28)10-7-17)11-12-22(16)25-31-23-13-8-18(15-24(23)32-25)27(34)29-20-4-2-3-5-20/h6-16,20,22H,2-5H2,1H3,(H,29,34)(H,30,33)(H,31,32). The van der Waals surface area contributed by atoms with Crippen LogP contribution in [0, 0.1) is 11.7 Å². The second kappa shape index (κ2) is 9.25. The zero-order valence-electron chi connectivity index (χ0n) is 19.0. The summed E-state index contributed by atoms with van der Waals surface area (Å²) in [5.74, 6) is 0.201. The Morgan fingerprint density at radius 3 is 2.50 bits per heavy atom. The number of nitrogens with zero attached hydrogens (tertiary/aromatic N) is 1. The summed E-state index contributed by atoms with van der Waals surface area (Å²) in [7, 11) is 0. The summed E-state index contributed by atoms with van der Waals surface area (Å²) in [6, 6.07) is 11.3. The van der Waals surface area contributed by atoms with Crippen molar-refractivity contribution in [1.29, 1.82) is 0 Å². The molecule has 2 atom stereocenters. The van der Waals surface area contributed by atoms with Gasteiger partial charge in [0.1, 0.15) is 11.6 Å². The van der Waals surface area contributed by atoms with Gasteiger partial charge >= 0.3 is 0 Å². The minimum absolute atomic E-state index is 0.00892. The molecule has 5 rings (SSSR count). The number of benzene rings is 2. The van der Waals surface area contributed by atoms with Gasteiger partial charge in [0.05, 0.1) is 11.0 Å². The molecule has 1 saturated carbocycles. The molecule has 34 heavy (non-hydrogen) atoms. The smallest absolute Gasteiger partial charge is 0.255 e. The predicted octanol–water partition coefficient (Wildman–Crippen LogP) is 4.98. The van der Waals surface area contributed by atoms with Crippen LogP contribution in [0.3, 0.4) is 0 Å². The van der Waals surface area contributed by atoms with Crippen molar-refractivity contribution in [1.82, 2.24) is 20.6 Å². The van der Waals surface area contributed by atoms with Crippen LogP contribution in [0.15, 0.2) is 66.4 Å². The van der Waals surface area contributed by atoms with E-state index in [1.165, 1.54) is 37.1 Å². The molecule has 2 unspecified atom stereocenters. The summed E-state index contributed by atoms with van der Waals surface area (Å²) in [6.07, 6.45) is 10.3. The van der Waals surface area contributed by atoms with Crippen molar-refractivity contribution in [3.63, 3.8) is 0 Å². The summed E-state index contributed by atoms with van der Waals surface area (Å²) in [4.78, 5) is 33.2.